The highest BCUT2D eigenvalue weighted by Crippen LogP contribution is 2.13. The zero-order chi connectivity index (χ0) is 17.1. The third-order valence-electron chi connectivity index (χ3n) is 3.23. The highest BCUT2D eigenvalue weighted by Gasteiger charge is 2.06. The quantitative estimate of drug-likeness (QED) is 0.474. The van der Waals surface area contributed by atoms with Gasteiger partial charge in [-0.05, 0) is 24.1 Å². The maximum Gasteiger partial charge on any atom is 0.220 e. The normalized spacial score (nSPS) is 12.2. The molecule has 0 aliphatic rings. The van der Waals surface area contributed by atoms with Crippen LogP contribution in [-0.4, -0.2) is 49.4 Å². The predicted molar refractivity (Wildman–Crippen MR) is 91.5 cm³/mol. The summed E-state index contributed by atoms with van der Waals surface area (Å²) < 4.78 is 5.55. The Kier molecular flexibility index (Phi) is 9.28. The average Bonchev–Trinajstić information content (AvgIpc) is 2.55. The first-order chi connectivity index (χ1) is 11.0. The first kappa shape index (κ1) is 19.4. The second-order valence-electron chi connectivity index (χ2n) is 5.81. The van der Waals surface area contributed by atoms with Gasteiger partial charge in [0, 0.05) is 32.1 Å². The van der Waals surface area contributed by atoms with Crippen molar-refractivity contribution in [3.8, 4) is 5.75 Å². The number of aliphatic hydroxyl groups excluding tert-OH is 1. The van der Waals surface area contributed by atoms with Crippen LogP contribution in [0.15, 0.2) is 24.3 Å². The van der Waals surface area contributed by atoms with Crippen LogP contribution in [0.3, 0.4) is 0 Å². The van der Waals surface area contributed by atoms with Crippen molar-refractivity contribution >= 4 is 5.91 Å². The summed E-state index contributed by atoms with van der Waals surface area (Å²) in [5.74, 6) is 0.724. The zero-order valence-electron chi connectivity index (χ0n) is 14.0. The molecule has 6 nitrogen and oxygen atoms in total. The van der Waals surface area contributed by atoms with E-state index in [1.165, 1.54) is 0 Å². The van der Waals surface area contributed by atoms with Gasteiger partial charge in [-0.3, -0.25) is 4.79 Å². The van der Waals surface area contributed by atoms with Crippen molar-refractivity contribution in [2.75, 3.05) is 26.2 Å². The Bertz CT molecular complexity index is 449. The molecular formula is C17H29N3O3. The lowest BCUT2D eigenvalue weighted by Crippen LogP contribution is -2.35. The summed E-state index contributed by atoms with van der Waals surface area (Å²) in [4.78, 5) is 11.5. The van der Waals surface area contributed by atoms with Gasteiger partial charge in [0.2, 0.25) is 5.91 Å². The third-order valence-corrected chi connectivity index (χ3v) is 3.23. The molecule has 0 bridgehead atoms. The van der Waals surface area contributed by atoms with E-state index in [1.807, 2.05) is 38.1 Å². The SMILES string of the molecule is CC(C)NC[C@@H](O)COc1ccc(CCC(=O)NCCN)cc1. The summed E-state index contributed by atoms with van der Waals surface area (Å²) in [7, 11) is 0. The number of aryl methyl sites for hydroxylation is 1. The monoisotopic (exact) mass is 323 g/mol. The second-order valence-corrected chi connectivity index (χ2v) is 5.81. The van der Waals surface area contributed by atoms with E-state index in [0.29, 0.717) is 44.3 Å². The van der Waals surface area contributed by atoms with Crippen LogP contribution in [0.25, 0.3) is 0 Å². The summed E-state index contributed by atoms with van der Waals surface area (Å²) in [5, 5.41) is 15.7. The van der Waals surface area contributed by atoms with Gasteiger partial charge in [0.1, 0.15) is 18.5 Å². The minimum atomic E-state index is -0.539. The van der Waals surface area contributed by atoms with Gasteiger partial charge in [0.25, 0.3) is 0 Å². The Morgan fingerprint density at radius 1 is 1.30 bits per heavy atom. The molecule has 0 fully saturated rings. The molecule has 0 saturated heterocycles. The Morgan fingerprint density at radius 3 is 2.61 bits per heavy atom. The molecule has 1 amide bonds. The Hall–Kier alpha value is -1.63. The third kappa shape index (κ3) is 9.18. The van der Waals surface area contributed by atoms with Crippen LogP contribution in [0.5, 0.6) is 5.75 Å². The molecule has 1 rings (SSSR count). The fourth-order valence-electron chi connectivity index (χ4n) is 1.93. The minimum absolute atomic E-state index is 0.0107. The van der Waals surface area contributed by atoms with Crippen molar-refractivity contribution in [2.45, 2.75) is 38.8 Å². The number of carbonyl (C=O) groups excluding carboxylic acids is 1. The number of aliphatic hydroxyl groups is 1. The molecule has 0 radical (unpaired) electrons. The lowest BCUT2D eigenvalue weighted by atomic mass is 10.1. The summed E-state index contributed by atoms with van der Waals surface area (Å²) in [6.45, 7) is 5.79. The van der Waals surface area contributed by atoms with Crippen molar-refractivity contribution in [3.05, 3.63) is 29.8 Å². The number of rotatable bonds is 11. The highest BCUT2D eigenvalue weighted by molar-refractivity contribution is 5.76. The molecule has 6 heteroatoms. The van der Waals surface area contributed by atoms with Crippen LogP contribution in [0.4, 0.5) is 0 Å². The molecule has 0 spiro atoms. The number of nitrogens with one attached hydrogen (secondary N) is 2. The van der Waals surface area contributed by atoms with E-state index in [1.54, 1.807) is 0 Å². The smallest absolute Gasteiger partial charge is 0.220 e. The van der Waals surface area contributed by atoms with E-state index in [-0.39, 0.29) is 12.5 Å². The van der Waals surface area contributed by atoms with Gasteiger partial charge in [-0.2, -0.15) is 0 Å². The van der Waals surface area contributed by atoms with Crippen molar-refractivity contribution in [1.82, 2.24) is 10.6 Å². The molecule has 0 unspecified atom stereocenters. The molecule has 130 valence electrons. The van der Waals surface area contributed by atoms with Crippen LogP contribution < -0.4 is 21.1 Å². The molecule has 0 heterocycles. The number of hydrogen-bond donors (Lipinski definition) is 4. The van der Waals surface area contributed by atoms with E-state index < -0.39 is 6.10 Å². The van der Waals surface area contributed by atoms with E-state index in [4.69, 9.17) is 10.5 Å². The summed E-state index contributed by atoms with van der Waals surface area (Å²) in [6, 6.07) is 7.92. The van der Waals surface area contributed by atoms with E-state index in [2.05, 4.69) is 10.6 Å². The van der Waals surface area contributed by atoms with E-state index in [9.17, 15) is 9.90 Å². The number of hydrogen-bond acceptors (Lipinski definition) is 5. The molecule has 1 atom stereocenters. The molecule has 0 saturated carbocycles. The van der Waals surface area contributed by atoms with Crippen LogP contribution in [-0.2, 0) is 11.2 Å². The van der Waals surface area contributed by atoms with Gasteiger partial charge in [-0.15, -0.1) is 0 Å². The highest BCUT2D eigenvalue weighted by atomic mass is 16.5. The van der Waals surface area contributed by atoms with Gasteiger partial charge < -0.3 is 26.2 Å². The Balaban J connectivity index is 2.29. The number of benzene rings is 1. The molecule has 23 heavy (non-hydrogen) atoms. The number of amides is 1. The first-order valence-corrected chi connectivity index (χ1v) is 8.11. The largest absolute Gasteiger partial charge is 0.491 e. The maximum absolute atomic E-state index is 11.5. The van der Waals surface area contributed by atoms with Crippen LogP contribution in [0.1, 0.15) is 25.8 Å². The predicted octanol–water partition coefficient (Wildman–Crippen LogP) is 0.432. The summed E-state index contributed by atoms with van der Waals surface area (Å²) in [5.41, 5.74) is 6.41. The van der Waals surface area contributed by atoms with Gasteiger partial charge in [0.05, 0.1) is 0 Å². The molecular weight excluding hydrogens is 294 g/mol. The van der Waals surface area contributed by atoms with E-state index >= 15 is 0 Å². The lowest BCUT2D eigenvalue weighted by Gasteiger charge is -2.15. The second kappa shape index (κ2) is 11.0. The minimum Gasteiger partial charge on any atom is -0.491 e. The van der Waals surface area contributed by atoms with Gasteiger partial charge >= 0.3 is 0 Å². The van der Waals surface area contributed by atoms with Gasteiger partial charge in [-0.1, -0.05) is 26.0 Å². The van der Waals surface area contributed by atoms with Crippen LogP contribution >= 0.6 is 0 Å². The van der Waals surface area contributed by atoms with Crippen molar-refractivity contribution in [2.24, 2.45) is 5.73 Å². The summed E-state index contributed by atoms with van der Waals surface area (Å²) in [6.07, 6.45) is 0.584. The molecule has 5 N–H and O–H groups in total. The van der Waals surface area contributed by atoms with Gasteiger partial charge in [0.15, 0.2) is 0 Å². The molecule has 0 aromatic heterocycles. The summed E-state index contributed by atoms with van der Waals surface area (Å²) >= 11 is 0. The topological polar surface area (TPSA) is 96.6 Å². The van der Waals surface area contributed by atoms with Gasteiger partial charge in [-0.25, -0.2) is 0 Å². The maximum atomic E-state index is 11.5. The molecule has 1 aromatic carbocycles. The van der Waals surface area contributed by atoms with Crippen LogP contribution in [0, 0.1) is 0 Å². The fourth-order valence-corrected chi connectivity index (χ4v) is 1.93. The van der Waals surface area contributed by atoms with Crippen molar-refractivity contribution < 1.29 is 14.6 Å². The van der Waals surface area contributed by atoms with Crippen LogP contribution in [0.2, 0.25) is 0 Å². The van der Waals surface area contributed by atoms with Crippen molar-refractivity contribution in [1.29, 1.82) is 0 Å². The lowest BCUT2D eigenvalue weighted by molar-refractivity contribution is -0.120. The standard InChI is InChI=1S/C17H29N3O3/c1-13(2)20-11-15(21)12-23-16-6-3-14(4-7-16)5-8-17(22)19-10-9-18/h3-4,6-7,13,15,20-21H,5,8-12,18H2,1-2H3,(H,19,22)/t15-/m1/s1. The molecule has 0 aliphatic heterocycles. The first-order valence-electron chi connectivity index (χ1n) is 8.11. The zero-order valence-corrected chi connectivity index (χ0v) is 14.0. The van der Waals surface area contributed by atoms with Crippen molar-refractivity contribution in [3.63, 3.8) is 0 Å². The molecule has 1 aromatic rings. The Morgan fingerprint density at radius 2 is 2.00 bits per heavy atom. The fraction of sp³-hybridized carbons (Fsp3) is 0.588. The molecule has 0 aliphatic carbocycles. The number of nitrogens with two attached hydrogens (primary N) is 1. The number of carbonyl (C=O) groups is 1. The average molecular weight is 323 g/mol. The number of ether oxygens (including phenoxy) is 1. The Labute approximate surface area is 138 Å². The van der Waals surface area contributed by atoms with E-state index in [0.717, 1.165) is 5.56 Å².